The standard InChI is InChI=1S/C17H14BrNO4/c1-23-12-6-7-14-13(8-12)17(22,16(21)19-14)9-15(20)10-2-4-11(18)5-3-10/h2-8,22H,9H2,1H3,(H,19,21). The molecule has 0 saturated carbocycles. The van der Waals surface area contributed by atoms with E-state index in [9.17, 15) is 14.7 Å². The molecule has 1 aliphatic rings. The van der Waals surface area contributed by atoms with Crippen molar-refractivity contribution in [1.29, 1.82) is 0 Å². The van der Waals surface area contributed by atoms with Crippen molar-refractivity contribution in [1.82, 2.24) is 0 Å². The molecule has 118 valence electrons. The molecule has 0 spiro atoms. The average Bonchev–Trinajstić information content (AvgIpc) is 2.78. The van der Waals surface area contributed by atoms with Gasteiger partial charge >= 0.3 is 0 Å². The van der Waals surface area contributed by atoms with Crippen LogP contribution in [0.2, 0.25) is 0 Å². The molecular formula is C17H14BrNO4. The van der Waals surface area contributed by atoms with Crippen LogP contribution >= 0.6 is 15.9 Å². The van der Waals surface area contributed by atoms with E-state index < -0.39 is 11.5 Å². The summed E-state index contributed by atoms with van der Waals surface area (Å²) in [6, 6.07) is 11.7. The van der Waals surface area contributed by atoms with Gasteiger partial charge in [-0.25, -0.2) is 0 Å². The zero-order valence-electron chi connectivity index (χ0n) is 12.3. The zero-order valence-corrected chi connectivity index (χ0v) is 13.9. The molecule has 0 fully saturated rings. The Labute approximate surface area is 141 Å². The van der Waals surface area contributed by atoms with Gasteiger partial charge in [0.1, 0.15) is 5.75 Å². The molecule has 1 aliphatic heterocycles. The Kier molecular flexibility index (Phi) is 3.95. The second-order valence-electron chi connectivity index (χ2n) is 5.33. The van der Waals surface area contributed by atoms with Crippen LogP contribution in [0.4, 0.5) is 5.69 Å². The predicted molar refractivity (Wildman–Crippen MR) is 88.6 cm³/mol. The Morgan fingerprint density at radius 1 is 1.26 bits per heavy atom. The van der Waals surface area contributed by atoms with Gasteiger partial charge in [-0.3, -0.25) is 9.59 Å². The van der Waals surface area contributed by atoms with Crippen LogP contribution in [0.1, 0.15) is 22.3 Å². The maximum absolute atomic E-state index is 12.4. The molecule has 1 heterocycles. The van der Waals surface area contributed by atoms with E-state index in [1.54, 1.807) is 42.5 Å². The Balaban J connectivity index is 1.94. The summed E-state index contributed by atoms with van der Waals surface area (Å²) in [5, 5.41) is 13.4. The van der Waals surface area contributed by atoms with Crippen LogP contribution in [0.15, 0.2) is 46.9 Å². The lowest BCUT2D eigenvalue weighted by atomic mass is 9.88. The number of aliphatic hydroxyl groups is 1. The molecule has 2 aromatic rings. The number of ether oxygens (including phenoxy) is 1. The van der Waals surface area contributed by atoms with Gasteiger partial charge in [-0.2, -0.15) is 0 Å². The van der Waals surface area contributed by atoms with Gasteiger partial charge in [0, 0.05) is 21.3 Å². The number of amides is 1. The molecule has 5 nitrogen and oxygen atoms in total. The van der Waals surface area contributed by atoms with E-state index in [0.717, 1.165) is 4.47 Å². The third-order valence-electron chi connectivity index (χ3n) is 3.88. The maximum Gasteiger partial charge on any atom is 0.261 e. The van der Waals surface area contributed by atoms with E-state index in [1.807, 2.05) is 0 Å². The second-order valence-corrected chi connectivity index (χ2v) is 6.25. The van der Waals surface area contributed by atoms with Crippen molar-refractivity contribution >= 4 is 33.3 Å². The topological polar surface area (TPSA) is 75.6 Å². The molecule has 2 N–H and O–H groups in total. The van der Waals surface area contributed by atoms with Crippen molar-refractivity contribution in [2.24, 2.45) is 0 Å². The molecule has 0 radical (unpaired) electrons. The van der Waals surface area contributed by atoms with Crippen molar-refractivity contribution in [3.05, 3.63) is 58.1 Å². The maximum atomic E-state index is 12.4. The number of anilines is 1. The Hall–Kier alpha value is -2.18. The number of nitrogens with one attached hydrogen (secondary N) is 1. The minimum absolute atomic E-state index is 0.314. The van der Waals surface area contributed by atoms with Crippen molar-refractivity contribution in [2.75, 3.05) is 12.4 Å². The largest absolute Gasteiger partial charge is 0.497 e. The molecule has 3 rings (SSSR count). The van der Waals surface area contributed by atoms with Gasteiger partial charge in [-0.15, -0.1) is 0 Å². The van der Waals surface area contributed by atoms with Crippen LogP contribution in [0.5, 0.6) is 5.75 Å². The number of fused-ring (bicyclic) bond motifs is 1. The van der Waals surface area contributed by atoms with E-state index in [4.69, 9.17) is 4.74 Å². The van der Waals surface area contributed by atoms with Gasteiger partial charge in [0.25, 0.3) is 5.91 Å². The number of ketones is 1. The Bertz CT molecular complexity index is 788. The zero-order chi connectivity index (χ0) is 16.6. The number of carbonyl (C=O) groups is 2. The monoisotopic (exact) mass is 375 g/mol. The fraction of sp³-hybridized carbons (Fsp3) is 0.176. The highest BCUT2D eigenvalue weighted by atomic mass is 79.9. The number of benzene rings is 2. The van der Waals surface area contributed by atoms with Crippen LogP contribution in [0.25, 0.3) is 0 Å². The molecular weight excluding hydrogens is 362 g/mol. The van der Waals surface area contributed by atoms with Gasteiger partial charge in [-0.1, -0.05) is 28.1 Å². The summed E-state index contributed by atoms with van der Waals surface area (Å²) in [6.45, 7) is 0. The number of hydrogen-bond acceptors (Lipinski definition) is 4. The normalized spacial score (nSPS) is 19.2. The summed E-state index contributed by atoms with van der Waals surface area (Å²) >= 11 is 3.30. The van der Waals surface area contributed by atoms with Gasteiger partial charge in [-0.05, 0) is 30.3 Å². The summed E-state index contributed by atoms with van der Waals surface area (Å²) in [5.74, 6) is -0.410. The molecule has 1 amide bonds. The van der Waals surface area contributed by atoms with Crippen LogP contribution in [0.3, 0.4) is 0 Å². The first-order valence-corrected chi connectivity index (χ1v) is 7.74. The summed E-state index contributed by atoms with van der Waals surface area (Å²) < 4.78 is 5.98. The van der Waals surface area contributed by atoms with Gasteiger partial charge in [0.15, 0.2) is 11.4 Å². The molecule has 1 unspecified atom stereocenters. The smallest absolute Gasteiger partial charge is 0.261 e. The molecule has 0 bridgehead atoms. The lowest BCUT2D eigenvalue weighted by Crippen LogP contribution is -2.36. The van der Waals surface area contributed by atoms with Crippen LogP contribution in [0, 0.1) is 0 Å². The summed E-state index contributed by atoms with van der Waals surface area (Å²) in [7, 11) is 1.50. The molecule has 23 heavy (non-hydrogen) atoms. The first-order valence-electron chi connectivity index (χ1n) is 6.95. The van der Waals surface area contributed by atoms with E-state index >= 15 is 0 Å². The predicted octanol–water partition coefficient (Wildman–Crippen LogP) is 2.87. The van der Waals surface area contributed by atoms with E-state index in [0.29, 0.717) is 22.6 Å². The van der Waals surface area contributed by atoms with E-state index in [2.05, 4.69) is 21.2 Å². The van der Waals surface area contributed by atoms with Crippen molar-refractivity contribution in [2.45, 2.75) is 12.0 Å². The number of carbonyl (C=O) groups excluding carboxylic acids is 2. The SMILES string of the molecule is COc1ccc2c(c1)C(O)(CC(=O)c1ccc(Br)cc1)C(=O)N2. The van der Waals surface area contributed by atoms with Crippen molar-refractivity contribution < 1.29 is 19.4 Å². The number of rotatable bonds is 4. The number of Topliss-reactive ketones (excluding diaryl/α,β-unsaturated/α-hetero) is 1. The molecule has 0 aromatic heterocycles. The molecule has 0 aliphatic carbocycles. The van der Waals surface area contributed by atoms with Crippen molar-refractivity contribution in [3.63, 3.8) is 0 Å². The third-order valence-corrected chi connectivity index (χ3v) is 4.41. The molecule has 6 heteroatoms. The van der Waals surface area contributed by atoms with Gasteiger partial charge < -0.3 is 15.2 Å². The average molecular weight is 376 g/mol. The highest BCUT2D eigenvalue weighted by Gasteiger charge is 2.47. The lowest BCUT2D eigenvalue weighted by Gasteiger charge is -2.20. The molecule has 1 atom stereocenters. The fourth-order valence-electron chi connectivity index (χ4n) is 2.60. The first kappa shape index (κ1) is 15.7. The minimum Gasteiger partial charge on any atom is -0.497 e. The molecule has 0 saturated heterocycles. The van der Waals surface area contributed by atoms with E-state index in [1.165, 1.54) is 7.11 Å². The Morgan fingerprint density at radius 3 is 2.61 bits per heavy atom. The summed E-state index contributed by atoms with van der Waals surface area (Å²) in [5.41, 5.74) is -0.617. The quantitative estimate of drug-likeness (QED) is 0.805. The first-order chi connectivity index (χ1) is 10.9. The highest BCUT2D eigenvalue weighted by Crippen LogP contribution is 2.40. The van der Waals surface area contributed by atoms with Crippen LogP contribution in [-0.4, -0.2) is 23.9 Å². The van der Waals surface area contributed by atoms with Crippen LogP contribution < -0.4 is 10.1 Å². The van der Waals surface area contributed by atoms with E-state index in [-0.39, 0.29) is 12.2 Å². The Morgan fingerprint density at radius 2 is 1.96 bits per heavy atom. The third kappa shape index (κ3) is 2.75. The lowest BCUT2D eigenvalue weighted by molar-refractivity contribution is -0.133. The summed E-state index contributed by atoms with van der Waals surface area (Å²) in [4.78, 5) is 24.7. The van der Waals surface area contributed by atoms with Crippen LogP contribution in [-0.2, 0) is 10.4 Å². The molecule has 2 aromatic carbocycles. The fourth-order valence-corrected chi connectivity index (χ4v) is 2.86. The highest BCUT2D eigenvalue weighted by molar-refractivity contribution is 9.10. The number of methoxy groups -OCH3 is 1. The van der Waals surface area contributed by atoms with Crippen molar-refractivity contribution in [3.8, 4) is 5.75 Å². The minimum atomic E-state index is -1.89. The van der Waals surface area contributed by atoms with Gasteiger partial charge in [0.2, 0.25) is 0 Å². The summed E-state index contributed by atoms with van der Waals surface area (Å²) in [6.07, 6.45) is -0.333. The van der Waals surface area contributed by atoms with Gasteiger partial charge in [0.05, 0.1) is 13.5 Å². The number of halogens is 1. The second kappa shape index (κ2) is 5.79. The number of hydrogen-bond donors (Lipinski definition) is 2.